The Bertz CT molecular complexity index is 441. The Morgan fingerprint density at radius 1 is 1.33 bits per heavy atom. The van der Waals surface area contributed by atoms with Gasteiger partial charge >= 0.3 is 5.97 Å². The molecule has 18 heavy (non-hydrogen) atoms. The zero-order chi connectivity index (χ0) is 13.6. The predicted octanol–water partition coefficient (Wildman–Crippen LogP) is -0.202. The maximum Gasteiger partial charge on any atom is 0.337 e. The highest BCUT2D eigenvalue weighted by atomic mass is 32.2. The Balaban J connectivity index is 1.97. The minimum atomic E-state index is -3.68. The molecule has 0 aromatic carbocycles. The molecule has 3 atom stereocenters. The number of rotatable bonds is 3. The van der Waals surface area contributed by atoms with Gasteiger partial charge in [0.2, 0.25) is 0 Å². The van der Waals surface area contributed by atoms with Crippen LogP contribution in [0.4, 0.5) is 0 Å². The lowest BCUT2D eigenvalue weighted by Gasteiger charge is -2.19. The number of ether oxygens (including phenoxy) is 3. The van der Waals surface area contributed by atoms with Crippen molar-refractivity contribution >= 4 is 16.1 Å². The fraction of sp³-hybridized carbons (Fsp3) is 0.900. The molecule has 2 saturated heterocycles. The van der Waals surface area contributed by atoms with Gasteiger partial charge in [0.15, 0.2) is 11.9 Å². The number of hydrogen-bond acceptors (Lipinski definition) is 7. The van der Waals surface area contributed by atoms with Gasteiger partial charge in [-0.05, 0) is 13.8 Å². The zero-order valence-corrected chi connectivity index (χ0v) is 11.2. The number of carbonyl (C=O) groups excluding carboxylic acids is 1. The first-order chi connectivity index (χ1) is 8.16. The van der Waals surface area contributed by atoms with Crippen molar-refractivity contribution in [3.05, 3.63) is 0 Å². The fourth-order valence-corrected chi connectivity index (χ4v) is 2.58. The molecule has 2 aliphatic heterocycles. The standard InChI is InChI=1S/C10H16O7S/c1-10(2)14-5-8(16-10)6-4-7(9(11)15-6)17-18(3,12)13/h6-8H,4-5H2,1-3H3/t6-,7-,8-/m1/s1. The first kappa shape index (κ1) is 13.7. The van der Waals surface area contributed by atoms with Gasteiger partial charge in [-0.15, -0.1) is 0 Å². The summed E-state index contributed by atoms with van der Waals surface area (Å²) >= 11 is 0. The highest BCUT2D eigenvalue weighted by Crippen LogP contribution is 2.31. The van der Waals surface area contributed by atoms with Crippen molar-refractivity contribution in [2.24, 2.45) is 0 Å². The first-order valence-corrected chi connectivity index (χ1v) is 7.38. The largest absolute Gasteiger partial charge is 0.457 e. The van der Waals surface area contributed by atoms with E-state index in [-0.39, 0.29) is 6.42 Å². The van der Waals surface area contributed by atoms with Gasteiger partial charge in [-0.25, -0.2) is 4.79 Å². The maximum atomic E-state index is 11.5. The second-order valence-corrected chi connectivity index (χ2v) is 6.47. The van der Waals surface area contributed by atoms with Crippen LogP contribution in [0.25, 0.3) is 0 Å². The van der Waals surface area contributed by atoms with Crippen molar-refractivity contribution in [2.45, 2.75) is 44.4 Å². The topological polar surface area (TPSA) is 88.1 Å². The van der Waals surface area contributed by atoms with Crippen LogP contribution in [0.5, 0.6) is 0 Å². The summed E-state index contributed by atoms with van der Waals surface area (Å²) < 4.78 is 42.6. The minimum absolute atomic E-state index is 0.149. The van der Waals surface area contributed by atoms with Crippen molar-refractivity contribution in [1.29, 1.82) is 0 Å². The Morgan fingerprint density at radius 2 is 2.00 bits per heavy atom. The fourth-order valence-electron chi connectivity index (χ4n) is 2.00. The normalized spacial score (nSPS) is 35.7. The Labute approximate surface area is 105 Å². The summed E-state index contributed by atoms with van der Waals surface area (Å²) in [6, 6.07) is 0. The molecule has 7 nitrogen and oxygen atoms in total. The molecule has 2 fully saturated rings. The van der Waals surface area contributed by atoms with E-state index in [0.29, 0.717) is 6.61 Å². The van der Waals surface area contributed by atoms with E-state index in [1.165, 1.54) is 0 Å². The molecule has 0 N–H and O–H groups in total. The quantitative estimate of drug-likeness (QED) is 0.522. The Morgan fingerprint density at radius 3 is 2.50 bits per heavy atom. The van der Waals surface area contributed by atoms with Crippen molar-refractivity contribution < 1.29 is 31.6 Å². The average Bonchev–Trinajstić information content (AvgIpc) is 2.69. The third-order valence-corrected chi connectivity index (χ3v) is 3.29. The number of carbonyl (C=O) groups is 1. The molecule has 104 valence electrons. The smallest absolute Gasteiger partial charge is 0.337 e. The molecule has 8 heteroatoms. The van der Waals surface area contributed by atoms with Gasteiger partial charge < -0.3 is 14.2 Å². The van der Waals surface area contributed by atoms with Crippen LogP contribution in [-0.2, 0) is 33.3 Å². The van der Waals surface area contributed by atoms with Crippen molar-refractivity contribution in [3.63, 3.8) is 0 Å². The number of cyclic esters (lactones) is 1. The van der Waals surface area contributed by atoms with Gasteiger partial charge in [0.05, 0.1) is 12.9 Å². The van der Waals surface area contributed by atoms with Crippen molar-refractivity contribution in [3.8, 4) is 0 Å². The molecule has 2 rings (SSSR count). The molecule has 0 bridgehead atoms. The molecular weight excluding hydrogens is 264 g/mol. The lowest BCUT2D eigenvalue weighted by Crippen LogP contribution is -2.30. The van der Waals surface area contributed by atoms with E-state index in [4.69, 9.17) is 14.2 Å². The van der Waals surface area contributed by atoms with E-state index < -0.39 is 40.2 Å². The van der Waals surface area contributed by atoms with Gasteiger partial charge in [0.1, 0.15) is 12.2 Å². The van der Waals surface area contributed by atoms with Crippen LogP contribution in [0.3, 0.4) is 0 Å². The minimum Gasteiger partial charge on any atom is -0.457 e. The summed E-state index contributed by atoms with van der Waals surface area (Å²) in [5, 5.41) is 0. The van der Waals surface area contributed by atoms with Crippen LogP contribution in [-0.4, -0.2) is 51.3 Å². The lowest BCUT2D eigenvalue weighted by atomic mass is 10.1. The highest BCUT2D eigenvalue weighted by molar-refractivity contribution is 7.86. The molecule has 0 spiro atoms. The van der Waals surface area contributed by atoms with Gasteiger partial charge in [-0.1, -0.05) is 0 Å². The van der Waals surface area contributed by atoms with E-state index in [1.54, 1.807) is 13.8 Å². The van der Waals surface area contributed by atoms with E-state index in [0.717, 1.165) is 6.26 Å². The van der Waals surface area contributed by atoms with Crippen LogP contribution in [0.2, 0.25) is 0 Å². The van der Waals surface area contributed by atoms with Crippen LogP contribution in [0.1, 0.15) is 20.3 Å². The van der Waals surface area contributed by atoms with E-state index in [9.17, 15) is 13.2 Å². The third kappa shape index (κ3) is 3.19. The molecule has 0 radical (unpaired) electrons. The van der Waals surface area contributed by atoms with Gasteiger partial charge in [0, 0.05) is 6.42 Å². The molecule has 2 heterocycles. The highest BCUT2D eigenvalue weighted by Gasteiger charge is 2.46. The van der Waals surface area contributed by atoms with Crippen LogP contribution < -0.4 is 0 Å². The third-order valence-electron chi connectivity index (χ3n) is 2.71. The number of hydrogen-bond donors (Lipinski definition) is 0. The summed E-state index contributed by atoms with van der Waals surface area (Å²) in [4.78, 5) is 11.5. The molecule has 0 saturated carbocycles. The SMILES string of the molecule is CC1(C)OC[C@H]([C@H]2C[C@@H](OS(C)(=O)=O)C(=O)O2)O1. The Hall–Kier alpha value is -0.700. The molecule has 0 unspecified atom stereocenters. The van der Waals surface area contributed by atoms with Gasteiger partial charge in [-0.3, -0.25) is 4.18 Å². The van der Waals surface area contributed by atoms with Crippen molar-refractivity contribution in [2.75, 3.05) is 12.9 Å². The molecule has 2 aliphatic rings. The summed E-state index contributed by atoms with van der Waals surface area (Å²) in [5.41, 5.74) is 0. The molecule has 0 aromatic rings. The summed E-state index contributed by atoms with van der Waals surface area (Å²) in [7, 11) is -3.68. The predicted molar refractivity (Wildman–Crippen MR) is 59.1 cm³/mol. The van der Waals surface area contributed by atoms with E-state index >= 15 is 0 Å². The van der Waals surface area contributed by atoms with E-state index in [1.807, 2.05) is 0 Å². The zero-order valence-electron chi connectivity index (χ0n) is 10.4. The van der Waals surface area contributed by atoms with Crippen LogP contribution in [0, 0.1) is 0 Å². The molecule has 0 aliphatic carbocycles. The molecular formula is C10H16O7S. The average molecular weight is 280 g/mol. The first-order valence-electron chi connectivity index (χ1n) is 5.57. The Kier molecular flexibility index (Phi) is 3.39. The summed E-state index contributed by atoms with van der Waals surface area (Å²) in [6.45, 7) is 3.82. The molecule has 0 amide bonds. The maximum absolute atomic E-state index is 11.5. The second-order valence-electron chi connectivity index (χ2n) is 4.87. The van der Waals surface area contributed by atoms with Gasteiger partial charge in [-0.2, -0.15) is 8.42 Å². The van der Waals surface area contributed by atoms with Crippen LogP contribution >= 0.6 is 0 Å². The monoisotopic (exact) mass is 280 g/mol. The van der Waals surface area contributed by atoms with Crippen LogP contribution in [0.15, 0.2) is 0 Å². The van der Waals surface area contributed by atoms with E-state index in [2.05, 4.69) is 4.18 Å². The lowest BCUT2D eigenvalue weighted by molar-refractivity contribution is -0.163. The summed E-state index contributed by atoms with van der Waals surface area (Å²) in [6.07, 6.45) is -0.970. The second kappa shape index (κ2) is 4.44. The van der Waals surface area contributed by atoms with Crippen molar-refractivity contribution in [1.82, 2.24) is 0 Å². The molecule has 0 aromatic heterocycles. The summed E-state index contributed by atoms with van der Waals surface area (Å²) in [5.74, 6) is -1.40. The van der Waals surface area contributed by atoms with Gasteiger partial charge in [0.25, 0.3) is 10.1 Å². The number of esters is 1.